The van der Waals surface area contributed by atoms with Gasteiger partial charge in [-0.3, -0.25) is 0 Å². The van der Waals surface area contributed by atoms with Gasteiger partial charge in [-0.05, 0) is 29.8 Å². The third-order valence-electron chi connectivity index (χ3n) is 3.78. The predicted molar refractivity (Wildman–Crippen MR) is 96.7 cm³/mol. The van der Waals surface area contributed by atoms with Crippen LogP contribution < -0.4 is 4.74 Å². The summed E-state index contributed by atoms with van der Waals surface area (Å²) in [5, 5.41) is 0.0394. The molecule has 7 heteroatoms. The molecule has 1 aromatic heterocycles. The van der Waals surface area contributed by atoms with E-state index in [9.17, 15) is 13.6 Å². The zero-order valence-electron chi connectivity index (χ0n) is 14.2. The van der Waals surface area contributed by atoms with Crippen LogP contribution in [0.4, 0.5) is 8.78 Å². The molecule has 4 nitrogen and oxygen atoms in total. The smallest absolute Gasteiger partial charge is 0.357 e. The van der Waals surface area contributed by atoms with Crippen LogP contribution >= 0.6 is 11.6 Å². The van der Waals surface area contributed by atoms with Crippen molar-refractivity contribution in [2.45, 2.75) is 6.61 Å². The quantitative estimate of drug-likeness (QED) is 0.573. The maximum absolute atomic E-state index is 14.6. The van der Waals surface area contributed by atoms with Gasteiger partial charge in [-0.15, -0.1) is 0 Å². The van der Waals surface area contributed by atoms with Crippen LogP contribution in [0.5, 0.6) is 5.75 Å². The number of carbonyl (C=O) groups excluding carboxylic acids is 1. The van der Waals surface area contributed by atoms with Crippen molar-refractivity contribution in [3.63, 3.8) is 0 Å². The molecule has 0 aliphatic rings. The first-order valence-corrected chi connectivity index (χ1v) is 8.29. The SMILES string of the molecule is COc1c(Cl)ccc(-c2nc(C(=O)OCc3ccccc3)ccc2F)c1F. The molecule has 138 valence electrons. The molecule has 1 heterocycles. The zero-order valence-corrected chi connectivity index (χ0v) is 15.0. The van der Waals surface area contributed by atoms with Crippen LogP contribution in [0.1, 0.15) is 16.1 Å². The normalized spacial score (nSPS) is 10.5. The highest BCUT2D eigenvalue weighted by Gasteiger charge is 2.20. The predicted octanol–water partition coefficient (Wildman–Crippen LogP) is 5.05. The summed E-state index contributed by atoms with van der Waals surface area (Å²) < 4.78 is 38.9. The number of aromatic nitrogens is 1. The molecule has 2 aromatic carbocycles. The molecule has 0 bridgehead atoms. The van der Waals surface area contributed by atoms with E-state index in [-0.39, 0.29) is 34.3 Å². The molecule has 0 fully saturated rings. The van der Waals surface area contributed by atoms with Crippen molar-refractivity contribution in [3.05, 3.63) is 82.5 Å². The molecule has 0 aliphatic carbocycles. The third-order valence-corrected chi connectivity index (χ3v) is 4.07. The maximum Gasteiger partial charge on any atom is 0.357 e. The number of methoxy groups -OCH3 is 1. The fraction of sp³-hybridized carbons (Fsp3) is 0.100. The number of halogens is 3. The molecular formula is C20H14ClF2NO3. The molecular weight excluding hydrogens is 376 g/mol. The lowest BCUT2D eigenvalue weighted by Crippen LogP contribution is -2.09. The molecule has 0 saturated carbocycles. The summed E-state index contributed by atoms with van der Waals surface area (Å²) in [5.41, 5.74) is 0.139. The van der Waals surface area contributed by atoms with Gasteiger partial charge in [0.15, 0.2) is 11.6 Å². The minimum Gasteiger partial charge on any atom is -0.492 e. The Morgan fingerprint density at radius 3 is 2.52 bits per heavy atom. The first-order valence-electron chi connectivity index (χ1n) is 7.91. The highest BCUT2D eigenvalue weighted by Crippen LogP contribution is 2.35. The number of pyridine rings is 1. The van der Waals surface area contributed by atoms with Gasteiger partial charge in [-0.25, -0.2) is 18.6 Å². The summed E-state index contributed by atoms with van der Waals surface area (Å²) in [6.45, 7) is 0.0389. The second-order valence-corrected chi connectivity index (χ2v) is 5.94. The number of esters is 1. The Balaban J connectivity index is 1.90. The van der Waals surface area contributed by atoms with Crippen LogP contribution in [-0.2, 0) is 11.3 Å². The van der Waals surface area contributed by atoms with Crippen LogP contribution in [0.3, 0.4) is 0 Å². The number of rotatable bonds is 5. The first kappa shape index (κ1) is 18.8. The number of nitrogens with zero attached hydrogens (tertiary/aromatic N) is 1. The molecule has 0 N–H and O–H groups in total. The second-order valence-electron chi connectivity index (χ2n) is 5.53. The fourth-order valence-electron chi connectivity index (χ4n) is 2.44. The Hall–Kier alpha value is -2.99. The molecule has 3 aromatic rings. The Bertz CT molecular complexity index is 980. The molecule has 0 amide bonds. The summed E-state index contributed by atoms with van der Waals surface area (Å²) in [4.78, 5) is 16.2. The number of hydrogen-bond acceptors (Lipinski definition) is 4. The molecule has 0 saturated heterocycles. The minimum absolute atomic E-state index is 0.0389. The summed E-state index contributed by atoms with van der Waals surface area (Å²) >= 11 is 5.86. The lowest BCUT2D eigenvalue weighted by molar-refractivity contribution is 0.0466. The summed E-state index contributed by atoms with van der Waals surface area (Å²) in [7, 11) is 1.25. The van der Waals surface area contributed by atoms with E-state index in [1.165, 1.54) is 25.3 Å². The van der Waals surface area contributed by atoms with Crippen molar-refractivity contribution in [1.82, 2.24) is 4.98 Å². The van der Waals surface area contributed by atoms with Gasteiger partial charge in [0.1, 0.15) is 23.8 Å². The van der Waals surface area contributed by atoms with E-state index in [0.717, 1.165) is 11.6 Å². The van der Waals surface area contributed by atoms with Crippen molar-refractivity contribution in [2.24, 2.45) is 0 Å². The Labute approximate surface area is 159 Å². The molecule has 0 unspecified atom stereocenters. The van der Waals surface area contributed by atoms with Gasteiger partial charge in [0, 0.05) is 5.56 Å². The average molecular weight is 390 g/mol. The Morgan fingerprint density at radius 1 is 1.07 bits per heavy atom. The van der Waals surface area contributed by atoms with Crippen LogP contribution in [0.2, 0.25) is 5.02 Å². The average Bonchev–Trinajstić information content (AvgIpc) is 2.68. The topological polar surface area (TPSA) is 48.4 Å². The Kier molecular flexibility index (Phi) is 5.66. The van der Waals surface area contributed by atoms with E-state index in [0.29, 0.717) is 0 Å². The van der Waals surface area contributed by atoms with Crippen LogP contribution in [0.15, 0.2) is 54.6 Å². The van der Waals surface area contributed by atoms with Crippen molar-refractivity contribution in [1.29, 1.82) is 0 Å². The monoisotopic (exact) mass is 389 g/mol. The van der Waals surface area contributed by atoms with Gasteiger partial charge in [0.05, 0.1) is 12.1 Å². The van der Waals surface area contributed by atoms with Crippen LogP contribution in [-0.4, -0.2) is 18.1 Å². The summed E-state index contributed by atoms with van der Waals surface area (Å²) in [6.07, 6.45) is 0. The molecule has 0 aliphatic heterocycles. The highest BCUT2D eigenvalue weighted by atomic mass is 35.5. The van der Waals surface area contributed by atoms with Gasteiger partial charge < -0.3 is 9.47 Å². The standard InChI is InChI=1S/C20H14ClF2NO3/c1-26-19-14(21)8-7-13(17(19)23)18-15(22)9-10-16(24-18)20(25)27-11-12-5-3-2-4-6-12/h2-10H,11H2,1H3. The lowest BCUT2D eigenvalue weighted by Gasteiger charge is -2.11. The summed E-state index contributed by atoms with van der Waals surface area (Å²) in [6, 6.07) is 13.9. The van der Waals surface area contributed by atoms with E-state index >= 15 is 0 Å². The first-order chi connectivity index (χ1) is 13.0. The molecule has 27 heavy (non-hydrogen) atoms. The van der Waals surface area contributed by atoms with E-state index in [1.54, 1.807) is 12.1 Å². The zero-order chi connectivity index (χ0) is 19.4. The van der Waals surface area contributed by atoms with E-state index in [2.05, 4.69) is 4.98 Å². The van der Waals surface area contributed by atoms with Crippen molar-refractivity contribution in [3.8, 4) is 17.0 Å². The fourth-order valence-corrected chi connectivity index (χ4v) is 2.67. The van der Waals surface area contributed by atoms with Gasteiger partial charge in [0.25, 0.3) is 0 Å². The van der Waals surface area contributed by atoms with E-state index < -0.39 is 17.6 Å². The molecule has 3 rings (SSSR count). The van der Waals surface area contributed by atoms with E-state index in [4.69, 9.17) is 21.1 Å². The number of benzene rings is 2. The van der Waals surface area contributed by atoms with Gasteiger partial charge in [0.2, 0.25) is 0 Å². The minimum atomic E-state index is -0.869. The lowest BCUT2D eigenvalue weighted by atomic mass is 10.1. The second kappa shape index (κ2) is 8.14. The van der Waals surface area contributed by atoms with Crippen molar-refractivity contribution >= 4 is 17.6 Å². The van der Waals surface area contributed by atoms with Crippen LogP contribution in [0, 0.1) is 11.6 Å². The van der Waals surface area contributed by atoms with E-state index in [1.807, 2.05) is 18.2 Å². The highest BCUT2D eigenvalue weighted by molar-refractivity contribution is 6.32. The summed E-state index contributed by atoms with van der Waals surface area (Å²) in [5.74, 6) is -2.64. The number of carbonyl (C=O) groups is 1. The van der Waals surface area contributed by atoms with Crippen molar-refractivity contribution in [2.75, 3.05) is 7.11 Å². The molecule has 0 atom stereocenters. The van der Waals surface area contributed by atoms with Gasteiger partial charge in [-0.2, -0.15) is 0 Å². The third kappa shape index (κ3) is 4.06. The molecule has 0 spiro atoms. The van der Waals surface area contributed by atoms with Gasteiger partial charge in [-0.1, -0.05) is 41.9 Å². The van der Waals surface area contributed by atoms with Crippen molar-refractivity contribution < 1.29 is 23.0 Å². The Morgan fingerprint density at radius 2 is 1.81 bits per heavy atom. The maximum atomic E-state index is 14.6. The number of hydrogen-bond donors (Lipinski definition) is 0. The van der Waals surface area contributed by atoms with Crippen LogP contribution in [0.25, 0.3) is 11.3 Å². The van der Waals surface area contributed by atoms with Gasteiger partial charge >= 0.3 is 5.97 Å². The number of ether oxygens (including phenoxy) is 2. The molecule has 0 radical (unpaired) electrons. The largest absolute Gasteiger partial charge is 0.492 e.